The summed E-state index contributed by atoms with van der Waals surface area (Å²) < 4.78 is 18.1. The first-order valence-electron chi connectivity index (χ1n) is 5.74. The van der Waals surface area contributed by atoms with Crippen molar-refractivity contribution >= 4 is 22.9 Å². The van der Waals surface area contributed by atoms with E-state index in [2.05, 4.69) is 4.98 Å². The molecule has 0 unspecified atom stereocenters. The van der Waals surface area contributed by atoms with Gasteiger partial charge in [0.25, 0.3) is 0 Å². The highest BCUT2D eigenvalue weighted by atomic mass is 35.5. The molecule has 0 spiro atoms. The van der Waals surface area contributed by atoms with Gasteiger partial charge >= 0.3 is 0 Å². The zero-order valence-corrected chi connectivity index (χ0v) is 12.0. The quantitative estimate of drug-likeness (QED) is 0.923. The lowest BCUT2D eigenvalue weighted by Gasteiger charge is -2.01. The summed E-state index contributed by atoms with van der Waals surface area (Å²) in [5, 5.41) is 1.32. The Balaban J connectivity index is 2.23. The van der Waals surface area contributed by atoms with Crippen molar-refractivity contribution in [3.63, 3.8) is 0 Å². The van der Waals surface area contributed by atoms with Gasteiger partial charge in [-0.05, 0) is 17.7 Å². The number of hydrogen-bond acceptors (Lipinski definition) is 4. The Bertz CT molecular complexity index is 574. The summed E-state index contributed by atoms with van der Waals surface area (Å²) in [6.45, 7) is 0.883. The fourth-order valence-corrected chi connectivity index (χ4v) is 2.96. The van der Waals surface area contributed by atoms with E-state index in [0.717, 1.165) is 21.1 Å². The largest absolute Gasteiger partial charge is 0.378 e. The lowest BCUT2D eigenvalue weighted by Crippen LogP contribution is -1.99. The molecule has 0 bridgehead atoms. The predicted octanol–water partition coefficient (Wildman–Crippen LogP) is 3.13. The van der Waals surface area contributed by atoms with E-state index in [4.69, 9.17) is 22.1 Å². The fourth-order valence-electron chi connectivity index (χ4n) is 1.75. The third-order valence-electron chi connectivity index (χ3n) is 2.65. The van der Waals surface area contributed by atoms with E-state index < -0.39 is 0 Å². The van der Waals surface area contributed by atoms with E-state index in [1.54, 1.807) is 13.2 Å². The second-order valence-electron chi connectivity index (χ2n) is 4.03. The predicted molar refractivity (Wildman–Crippen MR) is 74.9 cm³/mol. The van der Waals surface area contributed by atoms with Gasteiger partial charge in [0.1, 0.15) is 5.82 Å². The molecule has 1 aromatic carbocycles. The van der Waals surface area contributed by atoms with E-state index in [9.17, 15) is 4.39 Å². The van der Waals surface area contributed by atoms with E-state index in [1.165, 1.54) is 23.5 Å². The summed E-state index contributed by atoms with van der Waals surface area (Å²) in [7, 11) is 1.62. The summed E-state index contributed by atoms with van der Waals surface area (Å²) >= 11 is 7.55. The van der Waals surface area contributed by atoms with Crippen LogP contribution in [0, 0.1) is 5.82 Å². The van der Waals surface area contributed by atoms with Crippen LogP contribution in [-0.2, 0) is 24.3 Å². The molecule has 0 fully saturated rings. The molecule has 0 saturated carbocycles. The van der Waals surface area contributed by atoms with Crippen LogP contribution in [0.5, 0.6) is 0 Å². The van der Waals surface area contributed by atoms with Gasteiger partial charge < -0.3 is 10.5 Å². The minimum Gasteiger partial charge on any atom is -0.378 e. The number of methoxy groups -OCH3 is 1. The molecule has 0 aliphatic rings. The van der Waals surface area contributed by atoms with E-state index in [-0.39, 0.29) is 5.82 Å². The third kappa shape index (κ3) is 3.51. The first-order chi connectivity index (χ1) is 9.13. The monoisotopic (exact) mass is 300 g/mol. The number of nitrogens with zero attached hydrogens (tertiary/aromatic N) is 1. The van der Waals surface area contributed by atoms with Crippen LogP contribution in [0.15, 0.2) is 18.2 Å². The number of rotatable bonds is 5. The van der Waals surface area contributed by atoms with Crippen LogP contribution in [0.2, 0.25) is 5.02 Å². The SMILES string of the molecule is COCc1nc(Cc2ccc(F)cc2Cl)sc1CN. The lowest BCUT2D eigenvalue weighted by molar-refractivity contribution is 0.181. The molecule has 2 N–H and O–H groups in total. The Morgan fingerprint density at radius 1 is 1.47 bits per heavy atom. The van der Waals surface area contributed by atoms with Gasteiger partial charge in [0.15, 0.2) is 0 Å². The third-order valence-corrected chi connectivity index (χ3v) is 4.12. The minimum absolute atomic E-state index is 0.337. The topological polar surface area (TPSA) is 48.1 Å². The Kier molecular flexibility index (Phi) is 4.87. The Morgan fingerprint density at radius 2 is 2.26 bits per heavy atom. The highest BCUT2D eigenvalue weighted by Gasteiger charge is 2.12. The van der Waals surface area contributed by atoms with Crippen LogP contribution in [0.4, 0.5) is 4.39 Å². The van der Waals surface area contributed by atoms with Crippen molar-refractivity contribution in [1.82, 2.24) is 4.98 Å². The first-order valence-corrected chi connectivity index (χ1v) is 6.94. The molecule has 19 heavy (non-hydrogen) atoms. The Hall–Kier alpha value is -1.01. The summed E-state index contributed by atoms with van der Waals surface area (Å²) in [6.07, 6.45) is 0.570. The number of hydrogen-bond donors (Lipinski definition) is 1. The molecule has 6 heteroatoms. The number of halogens is 2. The number of nitrogens with two attached hydrogens (primary N) is 1. The van der Waals surface area contributed by atoms with Gasteiger partial charge in [-0.3, -0.25) is 0 Å². The van der Waals surface area contributed by atoms with Crippen molar-refractivity contribution in [2.75, 3.05) is 7.11 Å². The highest BCUT2D eigenvalue weighted by molar-refractivity contribution is 7.11. The highest BCUT2D eigenvalue weighted by Crippen LogP contribution is 2.25. The maximum Gasteiger partial charge on any atom is 0.124 e. The van der Waals surface area contributed by atoms with Crippen LogP contribution in [0.25, 0.3) is 0 Å². The molecule has 1 heterocycles. The van der Waals surface area contributed by atoms with E-state index in [1.807, 2.05) is 0 Å². The van der Waals surface area contributed by atoms with Gasteiger partial charge in [0, 0.05) is 30.0 Å². The first kappa shape index (κ1) is 14.4. The van der Waals surface area contributed by atoms with Crippen molar-refractivity contribution in [2.24, 2.45) is 5.73 Å². The minimum atomic E-state index is -0.337. The molecule has 0 aliphatic heterocycles. The summed E-state index contributed by atoms with van der Waals surface area (Å²) in [4.78, 5) is 5.50. The van der Waals surface area contributed by atoms with Crippen molar-refractivity contribution in [2.45, 2.75) is 19.6 Å². The molecule has 2 aromatic rings. The fraction of sp³-hybridized carbons (Fsp3) is 0.308. The molecule has 2 rings (SSSR count). The van der Waals surface area contributed by atoms with Crippen LogP contribution in [0.1, 0.15) is 21.1 Å². The average molecular weight is 301 g/mol. The molecule has 102 valence electrons. The zero-order valence-electron chi connectivity index (χ0n) is 10.5. The van der Waals surface area contributed by atoms with Crippen molar-refractivity contribution in [1.29, 1.82) is 0 Å². The molecule has 0 amide bonds. The number of thiazole rings is 1. The van der Waals surface area contributed by atoms with Gasteiger partial charge in [-0.1, -0.05) is 17.7 Å². The lowest BCUT2D eigenvalue weighted by atomic mass is 10.1. The zero-order chi connectivity index (χ0) is 13.8. The summed E-state index contributed by atoms with van der Waals surface area (Å²) in [5.74, 6) is -0.337. The number of aromatic nitrogens is 1. The van der Waals surface area contributed by atoms with Gasteiger partial charge in [-0.25, -0.2) is 9.37 Å². The molecule has 1 aromatic heterocycles. The normalized spacial score (nSPS) is 10.9. The molecule has 0 radical (unpaired) electrons. The van der Waals surface area contributed by atoms with Crippen molar-refractivity contribution in [3.05, 3.63) is 50.2 Å². The maximum atomic E-state index is 13.0. The molecule has 3 nitrogen and oxygen atoms in total. The van der Waals surface area contributed by atoms with Crippen molar-refractivity contribution in [3.8, 4) is 0 Å². The van der Waals surface area contributed by atoms with Gasteiger partial charge in [0.2, 0.25) is 0 Å². The molecular weight excluding hydrogens is 287 g/mol. The van der Waals surface area contributed by atoms with Gasteiger partial charge in [-0.15, -0.1) is 11.3 Å². The second kappa shape index (κ2) is 6.43. The molecular formula is C13H14ClFN2OS. The number of benzene rings is 1. The van der Waals surface area contributed by atoms with Gasteiger partial charge in [0.05, 0.1) is 17.3 Å². The Morgan fingerprint density at radius 3 is 2.89 bits per heavy atom. The Labute approximate surface area is 120 Å². The standard InChI is InChI=1S/C13H14ClFN2OS/c1-18-7-11-12(6-16)19-13(17-11)4-8-2-3-9(15)5-10(8)14/h2-3,5H,4,6-7,16H2,1H3. The van der Waals surface area contributed by atoms with Crippen LogP contribution in [0.3, 0.4) is 0 Å². The van der Waals surface area contributed by atoms with Crippen LogP contribution < -0.4 is 5.73 Å². The van der Waals surface area contributed by atoms with Crippen molar-refractivity contribution < 1.29 is 9.13 Å². The second-order valence-corrected chi connectivity index (χ2v) is 5.60. The van der Waals surface area contributed by atoms with Crippen LogP contribution in [-0.4, -0.2) is 12.1 Å². The van der Waals surface area contributed by atoms with E-state index in [0.29, 0.717) is 24.6 Å². The summed E-state index contributed by atoms with van der Waals surface area (Å²) in [5.41, 5.74) is 7.39. The van der Waals surface area contributed by atoms with E-state index >= 15 is 0 Å². The maximum absolute atomic E-state index is 13.0. The molecule has 0 aliphatic carbocycles. The molecule has 0 saturated heterocycles. The van der Waals surface area contributed by atoms with Gasteiger partial charge in [-0.2, -0.15) is 0 Å². The van der Waals surface area contributed by atoms with Crippen LogP contribution >= 0.6 is 22.9 Å². The smallest absolute Gasteiger partial charge is 0.124 e. The summed E-state index contributed by atoms with van der Waals surface area (Å²) in [6, 6.07) is 4.39. The molecule has 0 atom stereocenters. The number of ether oxygens (including phenoxy) is 1. The average Bonchev–Trinajstić information content (AvgIpc) is 2.75.